The van der Waals surface area contributed by atoms with Crippen molar-refractivity contribution in [2.45, 2.75) is 50.7 Å². The number of pyridine rings is 1. The Hall–Kier alpha value is -0.450. The third kappa shape index (κ3) is 4.34. The summed E-state index contributed by atoms with van der Waals surface area (Å²) in [7, 11) is 0. The molecule has 2 heterocycles. The lowest BCUT2D eigenvalue weighted by molar-refractivity contribution is 0.0370. The highest BCUT2D eigenvalue weighted by atomic mass is 79.9. The molecule has 0 aliphatic carbocycles. The minimum absolute atomic E-state index is 0.453. The normalized spacial score (nSPS) is 23.6. The lowest BCUT2D eigenvalue weighted by atomic mass is 9.87. The number of nitrogens with zero attached hydrogens (tertiary/aromatic N) is 1. The average Bonchev–Trinajstić information content (AvgIpc) is 2.28. The highest BCUT2D eigenvalue weighted by Gasteiger charge is 2.26. The van der Waals surface area contributed by atoms with Gasteiger partial charge in [-0.1, -0.05) is 6.42 Å². The fourth-order valence-corrected chi connectivity index (χ4v) is 3.11. The minimum Gasteiger partial charge on any atom is -0.390 e. The van der Waals surface area contributed by atoms with E-state index in [1.54, 1.807) is 6.20 Å². The zero-order valence-corrected chi connectivity index (χ0v) is 12.4. The van der Waals surface area contributed by atoms with Gasteiger partial charge in [0.05, 0.1) is 5.60 Å². The first-order valence-electron chi connectivity index (χ1n) is 6.60. The largest absolute Gasteiger partial charge is 0.390 e. The smallest absolute Gasteiger partial charge is 0.0675 e. The second kappa shape index (κ2) is 6.13. The van der Waals surface area contributed by atoms with E-state index in [0.29, 0.717) is 12.5 Å². The van der Waals surface area contributed by atoms with Crippen LogP contribution in [-0.4, -0.2) is 28.3 Å². The van der Waals surface area contributed by atoms with Crippen molar-refractivity contribution in [1.82, 2.24) is 10.3 Å². The zero-order chi connectivity index (χ0) is 13.0. The Bertz CT molecular complexity index is 389. The number of rotatable bonds is 4. The molecule has 0 amide bonds. The number of hydrogen-bond acceptors (Lipinski definition) is 3. The number of aromatic nitrogens is 1. The van der Waals surface area contributed by atoms with E-state index in [2.05, 4.69) is 26.2 Å². The van der Waals surface area contributed by atoms with Crippen molar-refractivity contribution in [1.29, 1.82) is 0 Å². The molecule has 2 N–H and O–H groups in total. The molecule has 0 bridgehead atoms. The van der Waals surface area contributed by atoms with Gasteiger partial charge in [-0.2, -0.15) is 0 Å². The van der Waals surface area contributed by atoms with Crippen LogP contribution in [0, 0.1) is 0 Å². The standard InChI is InChI=1S/C14H21BrN2O/c1-14(18,8-13-4-2-3-5-17-13)7-11-6-12(15)10-16-9-11/h6,9-10,13,17-18H,2-5,7-8H2,1H3. The van der Waals surface area contributed by atoms with Gasteiger partial charge >= 0.3 is 0 Å². The van der Waals surface area contributed by atoms with Gasteiger partial charge in [0.1, 0.15) is 0 Å². The maximum atomic E-state index is 10.5. The van der Waals surface area contributed by atoms with E-state index in [1.807, 2.05) is 19.2 Å². The van der Waals surface area contributed by atoms with Crippen LogP contribution in [0.25, 0.3) is 0 Å². The molecular weight excluding hydrogens is 292 g/mol. The molecule has 1 aliphatic rings. The monoisotopic (exact) mass is 312 g/mol. The van der Waals surface area contributed by atoms with Crippen LogP contribution < -0.4 is 5.32 Å². The Morgan fingerprint density at radius 2 is 2.33 bits per heavy atom. The van der Waals surface area contributed by atoms with Gasteiger partial charge in [-0.05, 0) is 60.3 Å². The maximum absolute atomic E-state index is 10.5. The Morgan fingerprint density at radius 3 is 3.00 bits per heavy atom. The van der Waals surface area contributed by atoms with Crippen LogP contribution in [0.2, 0.25) is 0 Å². The predicted octanol–water partition coefficient (Wildman–Crippen LogP) is 2.67. The van der Waals surface area contributed by atoms with Crippen LogP contribution in [0.15, 0.2) is 22.9 Å². The van der Waals surface area contributed by atoms with E-state index in [0.717, 1.165) is 23.0 Å². The summed E-state index contributed by atoms with van der Waals surface area (Å²) in [6.45, 7) is 3.00. The summed E-state index contributed by atoms with van der Waals surface area (Å²) >= 11 is 3.41. The molecule has 1 saturated heterocycles. The highest BCUT2D eigenvalue weighted by molar-refractivity contribution is 9.10. The quantitative estimate of drug-likeness (QED) is 0.898. The van der Waals surface area contributed by atoms with Crippen molar-refractivity contribution in [2.75, 3.05) is 6.54 Å². The maximum Gasteiger partial charge on any atom is 0.0675 e. The summed E-state index contributed by atoms with van der Waals surface area (Å²) in [5.74, 6) is 0. The molecule has 1 aromatic rings. The van der Waals surface area contributed by atoms with Gasteiger partial charge in [-0.25, -0.2) is 0 Å². The molecule has 0 saturated carbocycles. The Balaban J connectivity index is 1.93. The second-order valence-electron chi connectivity index (χ2n) is 5.54. The minimum atomic E-state index is -0.669. The highest BCUT2D eigenvalue weighted by Crippen LogP contribution is 2.23. The average molecular weight is 313 g/mol. The van der Waals surface area contributed by atoms with Gasteiger partial charge in [0, 0.05) is 29.3 Å². The SMILES string of the molecule is CC(O)(Cc1cncc(Br)c1)CC1CCCCN1. The molecule has 1 aliphatic heterocycles. The number of piperidine rings is 1. The van der Waals surface area contributed by atoms with E-state index < -0.39 is 5.60 Å². The number of aliphatic hydroxyl groups is 1. The number of nitrogens with one attached hydrogen (secondary N) is 1. The predicted molar refractivity (Wildman–Crippen MR) is 76.5 cm³/mol. The number of halogens is 1. The molecule has 0 spiro atoms. The molecule has 1 aromatic heterocycles. The summed E-state index contributed by atoms with van der Waals surface area (Å²) in [4.78, 5) is 4.14. The van der Waals surface area contributed by atoms with Crippen molar-refractivity contribution in [3.63, 3.8) is 0 Å². The van der Waals surface area contributed by atoms with Gasteiger partial charge in [-0.15, -0.1) is 0 Å². The topological polar surface area (TPSA) is 45.2 Å². The molecule has 3 nitrogen and oxygen atoms in total. The molecule has 0 aromatic carbocycles. The Morgan fingerprint density at radius 1 is 1.50 bits per heavy atom. The van der Waals surface area contributed by atoms with Crippen molar-refractivity contribution in [3.05, 3.63) is 28.5 Å². The van der Waals surface area contributed by atoms with Crippen LogP contribution in [0.5, 0.6) is 0 Å². The van der Waals surface area contributed by atoms with Gasteiger partial charge in [0.2, 0.25) is 0 Å². The first-order chi connectivity index (χ1) is 8.55. The van der Waals surface area contributed by atoms with E-state index >= 15 is 0 Å². The molecule has 18 heavy (non-hydrogen) atoms. The molecule has 2 atom stereocenters. The van der Waals surface area contributed by atoms with Gasteiger partial charge in [0.25, 0.3) is 0 Å². The van der Waals surface area contributed by atoms with Crippen LogP contribution in [-0.2, 0) is 6.42 Å². The van der Waals surface area contributed by atoms with Crippen molar-refractivity contribution >= 4 is 15.9 Å². The van der Waals surface area contributed by atoms with E-state index in [-0.39, 0.29) is 0 Å². The zero-order valence-electron chi connectivity index (χ0n) is 10.8. The van der Waals surface area contributed by atoms with E-state index in [4.69, 9.17) is 0 Å². The molecule has 0 radical (unpaired) electrons. The Labute approximate surface area is 117 Å². The molecule has 2 unspecified atom stereocenters. The molecule has 4 heteroatoms. The summed E-state index contributed by atoms with van der Waals surface area (Å²) in [5.41, 5.74) is 0.405. The fourth-order valence-electron chi connectivity index (χ4n) is 2.69. The van der Waals surface area contributed by atoms with Crippen molar-refractivity contribution in [3.8, 4) is 0 Å². The van der Waals surface area contributed by atoms with Gasteiger partial charge in [0.15, 0.2) is 0 Å². The van der Waals surface area contributed by atoms with Crippen molar-refractivity contribution in [2.24, 2.45) is 0 Å². The molecular formula is C14H21BrN2O. The van der Waals surface area contributed by atoms with E-state index in [1.165, 1.54) is 19.3 Å². The Kier molecular flexibility index (Phi) is 4.76. The second-order valence-corrected chi connectivity index (χ2v) is 6.45. The first kappa shape index (κ1) is 14.0. The molecule has 2 rings (SSSR count). The van der Waals surface area contributed by atoms with Gasteiger partial charge < -0.3 is 10.4 Å². The van der Waals surface area contributed by atoms with Crippen LogP contribution in [0.1, 0.15) is 38.2 Å². The third-order valence-electron chi connectivity index (χ3n) is 3.44. The van der Waals surface area contributed by atoms with Gasteiger partial charge in [-0.3, -0.25) is 4.98 Å². The summed E-state index contributed by atoms with van der Waals surface area (Å²) < 4.78 is 0.964. The number of hydrogen-bond donors (Lipinski definition) is 2. The van der Waals surface area contributed by atoms with Crippen LogP contribution in [0.4, 0.5) is 0 Å². The van der Waals surface area contributed by atoms with E-state index in [9.17, 15) is 5.11 Å². The fraction of sp³-hybridized carbons (Fsp3) is 0.643. The summed E-state index contributed by atoms with van der Waals surface area (Å²) in [5, 5.41) is 14.0. The van der Waals surface area contributed by atoms with Crippen LogP contribution in [0.3, 0.4) is 0 Å². The summed E-state index contributed by atoms with van der Waals surface area (Å²) in [6.07, 6.45) is 8.75. The molecule has 100 valence electrons. The van der Waals surface area contributed by atoms with Crippen molar-refractivity contribution < 1.29 is 5.11 Å². The summed E-state index contributed by atoms with van der Waals surface area (Å²) in [6, 6.07) is 2.48. The first-order valence-corrected chi connectivity index (χ1v) is 7.40. The van der Waals surface area contributed by atoms with Crippen LogP contribution >= 0.6 is 15.9 Å². The molecule has 1 fully saturated rings. The lowest BCUT2D eigenvalue weighted by Crippen LogP contribution is -2.41. The third-order valence-corrected chi connectivity index (χ3v) is 3.88. The lowest BCUT2D eigenvalue weighted by Gasteiger charge is -2.31.